The minimum absolute atomic E-state index is 0.134. The van der Waals surface area contributed by atoms with Crippen molar-refractivity contribution in [3.05, 3.63) is 79.0 Å². The van der Waals surface area contributed by atoms with Crippen LogP contribution >= 0.6 is 23.2 Å². The lowest BCUT2D eigenvalue weighted by molar-refractivity contribution is 1.46. The van der Waals surface area contributed by atoms with Crippen LogP contribution in [0.15, 0.2) is 58.1 Å². The number of hydrogen-bond donors (Lipinski definition) is 2. The van der Waals surface area contributed by atoms with Gasteiger partial charge in [0.25, 0.3) is 0 Å². The minimum Gasteiger partial charge on any atom is -0.354 e. The molecule has 6 heteroatoms. The molecule has 0 fully saturated rings. The number of benzene rings is 3. The van der Waals surface area contributed by atoms with Crippen LogP contribution in [0.3, 0.4) is 0 Å². The smallest absolute Gasteiger partial charge is 0.198 e. The second-order valence-electron chi connectivity index (χ2n) is 6.18. The zero-order chi connectivity index (χ0) is 18.0. The SMILES string of the molecule is O=c1c2cc3[nH]c4cccc(Cl)c4c(=O)c3cc2[nH]c2c(Cl)cccc12. The van der Waals surface area contributed by atoms with E-state index in [1.807, 2.05) is 0 Å². The fourth-order valence-corrected chi connectivity index (χ4v) is 3.92. The molecular formula is C20H10Cl2N2O2. The van der Waals surface area contributed by atoms with E-state index in [2.05, 4.69) is 9.97 Å². The Labute approximate surface area is 156 Å². The number of fused-ring (bicyclic) bond motifs is 4. The number of aromatic nitrogens is 2. The lowest BCUT2D eigenvalue weighted by Gasteiger charge is -2.08. The first-order valence-electron chi connectivity index (χ1n) is 7.93. The molecule has 2 heterocycles. The largest absolute Gasteiger partial charge is 0.354 e. The molecule has 0 saturated carbocycles. The van der Waals surface area contributed by atoms with E-state index in [0.29, 0.717) is 53.7 Å². The van der Waals surface area contributed by atoms with Crippen LogP contribution in [0.25, 0.3) is 43.6 Å². The number of halogens is 2. The van der Waals surface area contributed by atoms with Gasteiger partial charge in [-0.3, -0.25) is 9.59 Å². The molecule has 0 aliphatic rings. The Morgan fingerprint density at radius 1 is 0.654 bits per heavy atom. The van der Waals surface area contributed by atoms with E-state index in [-0.39, 0.29) is 10.9 Å². The molecule has 26 heavy (non-hydrogen) atoms. The highest BCUT2D eigenvalue weighted by molar-refractivity contribution is 6.36. The zero-order valence-electron chi connectivity index (χ0n) is 13.2. The van der Waals surface area contributed by atoms with Crippen molar-refractivity contribution in [1.29, 1.82) is 0 Å². The van der Waals surface area contributed by atoms with E-state index in [1.165, 1.54) is 0 Å². The van der Waals surface area contributed by atoms with Gasteiger partial charge < -0.3 is 9.97 Å². The number of aromatic amines is 2. The van der Waals surface area contributed by atoms with Crippen molar-refractivity contribution >= 4 is 66.8 Å². The molecule has 5 rings (SSSR count). The summed E-state index contributed by atoms with van der Waals surface area (Å²) in [6.45, 7) is 0. The quantitative estimate of drug-likeness (QED) is 0.372. The van der Waals surface area contributed by atoms with E-state index in [1.54, 1.807) is 48.5 Å². The first-order valence-corrected chi connectivity index (χ1v) is 8.68. The lowest BCUT2D eigenvalue weighted by Crippen LogP contribution is -2.08. The highest BCUT2D eigenvalue weighted by Crippen LogP contribution is 2.26. The predicted octanol–water partition coefficient (Wildman–Crippen LogP) is 4.98. The summed E-state index contributed by atoms with van der Waals surface area (Å²) in [4.78, 5) is 32.2. The average Bonchev–Trinajstić information content (AvgIpc) is 2.62. The molecule has 0 saturated heterocycles. The molecule has 0 bridgehead atoms. The van der Waals surface area contributed by atoms with Crippen molar-refractivity contribution in [2.45, 2.75) is 0 Å². The van der Waals surface area contributed by atoms with Crippen LogP contribution in [0.5, 0.6) is 0 Å². The first kappa shape index (κ1) is 15.4. The molecule has 0 spiro atoms. The summed E-state index contributed by atoms with van der Waals surface area (Å²) in [5.74, 6) is 0. The van der Waals surface area contributed by atoms with Gasteiger partial charge in [-0.2, -0.15) is 0 Å². The molecule has 4 nitrogen and oxygen atoms in total. The highest BCUT2D eigenvalue weighted by atomic mass is 35.5. The fourth-order valence-electron chi connectivity index (χ4n) is 3.44. The number of para-hydroxylation sites is 1. The van der Waals surface area contributed by atoms with Gasteiger partial charge >= 0.3 is 0 Å². The minimum atomic E-state index is -0.179. The maximum absolute atomic E-state index is 12.9. The Bertz CT molecular complexity index is 1500. The topological polar surface area (TPSA) is 65.7 Å². The van der Waals surface area contributed by atoms with Crippen LogP contribution in [0, 0.1) is 0 Å². The Kier molecular flexibility index (Phi) is 3.17. The summed E-state index contributed by atoms with van der Waals surface area (Å²) in [7, 11) is 0. The van der Waals surface area contributed by atoms with Crippen LogP contribution in [-0.2, 0) is 0 Å². The van der Waals surface area contributed by atoms with Crippen molar-refractivity contribution in [2.24, 2.45) is 0 Å². The van der Waals surface area contributed by atoms with Crippen LogP contribution in [-0.4, -0.2) is 9.97 Å². The average molecular weight is 381 g/mol. The van der Waals surface area contributed by atoms with Gasteiger partial charge in [0.1, 0.15) is 0 Å². The summed E-state index contributed by atoms with van der Waals surface area (Å²) >= 11 is 12.4. The van der Waals surface area contributed by atoms with Gasteiger partial charge in [0.2, 0.25) is 0 Å². The molecule has 2 aromatic heterocycles. The Hall–Kier alpha value is -2.82. The predicted molar refractivity (Wildman–Crippen MR) is 108 cm³/mol. The van der Waals surface area contributed by atoms with E-state index in [4.69, 9.17) is 23.2 Å². The monoisotopic (exact) mass is 380 g/mol. The maximum Gasteiger partial charge on any atom is 0.198 e. The molecule has 0 aliphatic heterocycles. The third-order valence-electron chi connectivity index (χ3n) is 4.67. The molecule has 0 aliphatic carbocycles. The standard InChI is InChI=1S/C20H10Cl2N2O2/c21-12-4-2-6-14-17(12)20(26)11-8-16-10(7-15(11)23-14)19(25)9-3-1-5-13(22)18(9)24-16/h1-8H,(H,23,26)(H,24,25). The summed E-state index contributed by atoms with van der Waals surface area (Å²) in [6, 6.07) is 13.8. The van der Waals surface area contributed by atoms with Crippen molar-refractivity contribution < 1.29 is 0 Å². The number of rotatable bonds is 0. The third kappa shape index (κ3) is 2.03. The second kappa shape index (κ2) is 5.34. The normalized spacial score (nSPS) is 11.8. The van der Waals surface area contributed by atoms with Gasteiger partial charge in [-0.25, -0.2) is 0 Å². The first-order chi connectivity index (χ1) is 12.5. The molecule has 3 aromatic carbocycles. The van der Waals surface area contributed by atoms with Crippen molar-refractivity contribution in [1.82, 2.24) is 9.97 Å². The van der Waals surface area contributed by atoms with E-state index in [0.717, 1.165) is 0 Å². The van der Waals surface area contributed by atoms with Gasteiger partial charge in [-0.05, 0) is 36.4 Å². The summed E-state index contributed by atoms with van der Waals surface area (Å²) in [5, 5.41) is 2.74. The Morgan fingerprint density at radius 3 is 2.12 bits per heavy atom. The van der Waals surface area contributed by atoms with E-state index >= 15 is 0 Å². The molecule has 0 unspecified atom stereocenters. The highest BCUT2D eigenvalue weighted by Gasteiger charge is 2.13. The molecular weight excluding hydrogens is 371 g/mol. The summed E-state index contributed by atoms with van der Waals surface area (Å²) in [5.41, 5.74) is 2.02. The van der Waals surface area contributed by atoms with E-state index in [9.17, 15) is 9.59 Å². The van der Waals surface area contributed by atoms with Crippen molar-refractivity contribution in [3.63, 3.8) is 0 Å². The number of hydrogen-bond acceptors (Lipinski definition) is 2. The summed E-state index contributed by atoms with van der Waals surface area (Å²) in [6.07, 6.45) is 0. The van der Waals surface area contributed by atoms with Gasteiger partial charge in [0, 0.05) is 16.2 Å². The molecule has 0 amide bonds. The fraction of sp³-hybridized carbons (Fsp3) is 0. The molecule has 5 aromatic rings. The van der Waals surface area contributed by atoms with Crippen molar-refractivity contribution in [3.8, 4) is 0 Å². The van der Waals surface area contributed by atoms with Crippen molar-refractivity contribution in [2.75, 3.05) is 0 Å². The van der Waals surface area contributed by atoms with Gasteiger partial charge in [-0.15, -0.1) is 0 Å². The van der Waals surface area contributed by atoms with Gasteiger partial charge in [0.15, 0.2) is 10.9 Å². The second-order valence-corrected chi connectivity index (χ2v) is 6.99. The Morgan fingerprint density at radius 2 is 1.31 bits per heavy atom. The van der Waals surface area contributed by atoms with Gasteiger partial charge in [-0.1, -0.05) is 35.3 Å². The number of nitrogens with one attached hydrogen (secondary N) is 2. The van der Waals surface area contributed by atoms with Crippen LogP contribution in [0.2, 0.25) is 10.0 Å². The third-order valence-corrected chi connectivity index (χ3v) is 5.30. The van der Waals surface area contributed by atoms with Crippen LogP contribution in [0.4, 0.5) is 0 Å². The van der Waals surface area contributed by atoms with Crippen LogP contribution < -0.4 is 10.9 Å². The molecule has 2 N–H and O–H groups in total. The lowest BCUT2D eigenvalue weighted by atomic mass is 10.1. The van der Waals surface area contributed by atoms with Gasteiger partial charge in [0.05, 0.1) is 37.5 Å². The van der Waals surface area contributed by atoms with Crippen LogP contribution in [0.1, 0.15) is 0 Å². The number of pyridine rings is 2. The molecule has 126 valence electrons. The zero-order valence-corrected chi connectivity index (χ0v) is 14.7. The molecule has 0 radical (unpaired) electrons. The maximum atomic E-state index is 12.9. The number of H-pyrrole nitrogens is 2. The summed E-state index contributed by atoms with van der Waals surface area (Å²) < 4.78 is 0. The Balaban J connectivity index is 2.04. The van der Waals surface area contributed by atoms with E-state index < -0.39 is 0 Å². The molecule has 0 atom stereocenters.